The third-order valence-corrected chi connectivity index (χ3v) is 2.14. The predicted octanol–water partition coefficient (Wildman–Crippen LogP) is 1.71. The average Bonchev–Trinajstić information content (AvgIpc) is 2.32. The number of aromatic nitrogens is 1. The Kier molecular flexibility index (Phi) is 3.00. The van der Waals surface area contributed by atoms with Gasteiger partial charge in [0.1, 0.15) is 11.4 Å². The van der Waals surface area contributed by atoms with Crippen molar-refractivity contribution in [1.82, 2.24) is 0 Å². The lowest BCUT2D eigenvalue weighted by Crippen LogP contribution is -2.27. The van der Waals surface area contributed by atoms with Crippen LogP contribution in [0.2, 0.25) is 0 Å². The predicted molar refractivity (Wildman–Crippen MR) is 59.8 cm³/mol. The Balaban J connectivity index is 2.14. The number of amides is 1. The Morgan fingerprint density at radius 2 is 1.94 bits per heavy atom. The topological polar surface area (TPSA) is 56.0 Å². The molecule has 1 heterocycles. The lowest BCUT2D eigenvalue weighted by molar-refractivity contribution is -0.605. The van der Waals surface area contributed by atoms with Crippen LogP contribution in [-0.4, -0.2) is 5.91 Å². The van der Waals surface area contributed by atoms with Gasteiger partial charge in [-0.3, -0.25) is 4.79 Å². The second-order valence-corrected chi connectivity index (χ2v) is 3.41. The first-order valence-electron chi connectivity index (χ1n) is 4.91. The van der Waals surface area contributed by atoms with E-state index in [1.807, 2.05) is 0 Å². The maximum atomic E-state index is 12.6. The smallest absolute Gasteiger partial charge is 0.261 e. The van der Waals surface area contributed by atoms with Crippen LogP contribution in [0.1, 0.15) is 10.4 Å². The number of hydrogen-bond donors (Lipinski definition) is 1. The highest BCUT2D eigenvalue weighted by molar-refractivity contribution is 6.03. The third-order valence-electron chi connectivity index (χ3n) is 2.14. The van der Waals surface area contributed by atoms with Crippen LogP contribution in [0.5, 0.6) is 0 Å². The minimum Gasteiger partial charge on any atom is -0.619 e. The zero-order valence-corrected chi connectivity index (χ0v) is 8.76. The second kappa shape index (κ2) is 4.61. The van der Waals surface area contributed by atoms with Crippen LogP contribution in [0, 0.1) is 11.0 Å². The molecular formula is C12H9FN2O2. The van der Waals surface area contributed by atoms with Gasteiger partial charge in [-0.05, 0) is 30.3 Å². The molecule has 0 spiro atoms. The highest BCUT2D eigenvalue weighted by Gasteiger charge is 2.08. The van der Waals surface area contributed by atoms with Gasteiger partial charge in [0.2, 0.25) is 0 Å². The van der Waals surface area contributed by atoms with E-state index in [1.165, 1.54) is 48.8 Å². The monoisotopic (exact) mass is 232 g/mol. The molecule has 0 radical (unpaired) electrons. The highest BCUT2D eigenvalue weighted by atomic mass is 19.1. The maximum absolute atomic E-state index is 12.6. The van der Waals surface area contributed by atoms with E-state index in [0.717, 1.165) is 0 Å². The van der Waals surface area contributed by atoms with Crippen LogP contribution in [0.25, 0.3) is 0 Å². The van der Waals surface area contributed by atoms with E-state index >= 15 is 0 Å². The molecule has 0 fully saturated rings. The van der Waals surface area contributed by atoms with Crippen molar-refractivity contribution < 1.29 is 13.9 Å². The molecule has 2 rings (SSSR count). The lowest BCUT2D eigenvalue weighted by atomic mass is 10.2. The molecule has 0 saturated carbocycles. The summed E-state index contributed by atoms with van der Waals surface area (Å²) in [6.07, 6.45) is 2.45. The molecule has 0 unspecified atom stereocenters. The quantitative estimate of drug-likeness (QED) is 0.633. The Morgan fingerprint density at radius 1 is 1.24 bits per heavy atom. The van der Waals surface area contributed by atoms with E-state index in [-0.39, 0.29) is 11.4 Å². The van der Waals surface area contributed by atoms with Gasteiger partial charge in [0.15, 0.2) is 12.4 Å². The first-order chi connectivity index (χ1) is 8.15. The third kappa shape index (κ3) is 2.78. The Labute approximate surface area is 96.9 Å². The molecule has 4 nitrogen and oxygen atoms in total. The van der Waals surface area contributed by atoms with Crippen molar-refractivity contribution in [3.63, 3.8) is 0 Å². The molecule has 0 aliphatic carbocycles. The minimum absolute atomic E-state index is 0.242. The summed E-state index contributed by atoms with van der Waals surface area (Å²) in [6, 6.07) is 8.38. The van der Waals surface area contributed by atoms with Gasteiger partial charge < -0.3 is 10.5 Å². The largest absolute Gasteiger partial charge is 0.619 e. The van der Waals surface area contributed by atoms with Crippen molar-refractivity contribution in [2.75, 3.05) is 5.32 Å². The van der Waals surface area contributed by atoms with Gasteiger partial charge in [0.25, 0.3) is 5.91 Å². The number of anilines is 1. The summed E-state index contributed by atoms with van der Waals surface area (Å²) >= 11 is 0. The molecule has 0 aliphatic rings. The fourth-order valence-corrected chi connectivity index (χ4v) is 1.33. The minimum atomic E-state index is -0.415. The summed E-state index contributed by atoms with van der Waals surface area (Å²) in [4.78, 5) is 11.7. The summed E-state index contributed by atoms with van der Waals surface area (Å²) in [5, 5.41) is 13.5. The fourth-order valence-electron chi connectivity index (χ4n) is 1.33. The number of benzene rings is 1. The number of carbonyl (C=O) groups is 1. The van der Waals surface area contributed by atoms with Crippen molar-refractivity contribution >= 4 is 11.6 Å². The molecule has 17 heavy (non-hydrogen) atoms. The molecule has 1 aromatic heterocycles. The number of pyridine rings is 1. The van der Waals surface area contributed by atoms with Crippen molar-refractivity contribution in [2.45, 2.75) is 0 Å². The summed E-state index contributed by atoms with van der Waals surface area (Å²) in [5.41, 5.74) is 0.713. The van der Waals surface area contributed by atoms with Crippen LogP contribution in [0.15, 0.2) is 48.8 Å². The first kappa shape index (κ1) is 11.1. The fraction of sp³-hybridized carbons (Fsp3) is 0. The molecule has 0 atom stereocenters. The van der Waals surface area contributed by atoms with Crippen LogP contribution >= 0.6 is 0 Å². The van der Waals surface area contributed by atoms with Gasteiger partial charge in [0, 0.05) is 11.8 Å². The number of rotatable bonds is 2. The Morgan fingerprint density at radius 3 is 2.59 bits per heavy atom. The number of carbonyl (C=O) groups excluding carboxylic acids is 1. The van der Waals surface area contributed by atoms with Gasteiger partial charge in [-0.25, -0.2) is 4.39 Å². The molecule has 86 valence electrons. The standard InChI is InChI=1S/C12H9FN2O2/c13-10-3-5-11(6-4-10)14-12(16)9-2-1-7-15(17)8-9/h1-8H,(H,14,16). The van der Waals surface area contributed by atoms with Crippen molar-refractivity contribution in [3.05, 3.63) is 65.4 Å². The van der Waals surface area contributed by atoms with Crippen molar-refractivity contribution in [3.8, 4) is 0 Å². The molecule has 1 N–H and O–H groups in total. The normalized spacial score (nSPS) is 9.94. The molecule has 1 amide bonds. The molecule has 0 aliphatic heterocycles. The van der Waals surface area contributed by atoms with E-state index in [2.05, 4.69) is 5.32 Å². The molecule has 0 bridgehead atoms. The number of nitrogens with zero attached hydrogens (tertiary/aromatic N) is 1. The van der Waals surface area contributed by atoms with Crippen molar-refractivity contribution in [1.29, 1.82) is 0 Å². The van der Waals surface area contributed by atoms with Gasteiger partial charge in [0.05, 0.1) is 0 Å². The first-order valence-corrected chi connectivity index (χ1v) is 4.91. The van der Waals surface area contributed by atoms with Gasteiger partial charge in [-0.1, -0.05) is 0 Å². The Bertz CT molecular complexity index is 540. The van der Waals surface area contributed by atoms with E-state index in [0.29, 0.717) is 10.4 Å². The molecule has 5 heteroatoms. The highest BCUT2D eigenvalue weighted by Crippen LogP contribution is 2.09. The van der Waals surface area contributed by atoms with Gasteiger partial charge >= 0.3 is 0 Å². The van der Waals surface area contributed by atoms with Crippen molar-refractivity contribution in [2.24, 2.45) is 0 Å². The summed E-state index contributed by atoms with van der Waals surface area (Å²) in [7, 11) is 0. The van der Waals surface area contributed by atoms with Gasteiger partial charge in [-0.15, -0.1) is 0 Å². The van der Waals surface area contributed by atoms with Crippen LogP contribution in [-0.2, 0) is 0 Å². The number of hydrogen-bond acceptors (Lipinski definition) is 2. The Hall–Kier alpha value is -2.43. The van der Waals surface area contributed by atoms with E-state index in [1.54, 1.807) is 0 Å². The number of halogens is 1. The summed E-state index contributed by atoms with van der Waals surface area (Å²) in [6.45, 7) is 0. The van der Waals surface area contributed by atoms with Gasteiger partial charge in [-0.2, -0.15) is 4.73 Å². The lowest BCUT2D eigenvalue weighted by Gasteiger charge is -2.04. The molecular weight excluding hydrogens is 223 g/mol. The van der Waals surface area contributed by atoms with E-state index in [4.69, 9.17) is 0 Å². The van der Waals surface area contributed by atoms with E-state index < -0.39 is 5.91 Å². The molecule has 0 saturated heterocycles. The summed E-state index contributed by atoms with van der Waals surface area (Å²) in [5.74, 6) is -0.790. The van der Waals surface area contributed by atoms with Crippen LogP contribution in [0.4, 0.5) is 10.1 Å². The number of nitrogens with one attached hydrogen (secondary N) is 1. The second-order valence-electron chi connectivity index (χ2n) is 3.41. The average molecular weight is 232 g/mol. The van der Waals surface area contributed by atoms with E-state index in [9.17, 15) is 14.4 Å². The molecule has 2 aromatic rings. The zero-order chi connectivity index (χ0) is 12.3. The van der Waals surface area contributed by atoms with Crippen LogP contribution < -0.4 is 10.0 Å². The molecule has 1 aromatic carbocycles. The maximum Gasteiger partial charge on any atom is 0.261 e. The van der Waals surface area contributed by atoms with Crippen LogP contribution in [0.3, 0.4) is 0 Å². The summed E-state index contributed by atoms with van der Waals surface area (Å²) < 4.78 is 13.2. The zero-order valence-electron chi connectivity index (χ0n) is 8.76. The SMILES string of the molecule is O=C(Nc1ccc(F)cc1)c1ccc[n+]([O-])c1.